The quantitative estimate of drug-likeness (QED) is 0.412. The molecule has 3 aromatic rings. The smallest absolute Gasteiger partial charge is 0.252 e. The molecule has 0 aliphatic carbocycles. The first-order chi connectivity index (χ1) is 13.7. The predicted molar refractivity (Wildman–Crippen MR) is 108 cm³/mol. The number of hydrogen-bond donors (Lipinski definition) is 3. The minimum absolute atomic E-state index is 0.102. The van der Waals surface area contributed by atoms with E-state index in [0.717, 1.165) is 40.7 Å². The number of para-hydroxylation sites is 1. The maximum Gasteiger partial charge on any atom is 0.252 e. The van der Waals surface area contributed by atoms with Gasteiger partial charge in [0.2, 0.25) is 0 Å². The zero-order valence-electron chi connectivity index (χ0n) is 15.5. The van der Waals surface area contributed by atoms with Crippen LogP contribution in [0.1, 0.15) is 47.0 Å². The van der Waals surface area contributed by atoms with Gasteiger partial charge in [0.05, 0.1) is 12.6 Å². The number of aldehydes is 1. The number of furan rings is 1. The van der Waals surface area contributed by atoms with E-state index in [4.69, 9.17) is 10.2 Å². The summed E-state index contributed by atoms with van der Waals surface area (Å²) in [6.45, 7) is 0.547. The lowest BCUT2D eigenvalue weighted by Gasteiger charge is -2.20. The van der Waals surface area contributed by atoms with Crippen LogP contribution >= 0.6 is 0 Å². The van der Waals surface area contributed by atoms with Crippen molar-refractivity contribution in [2.45, 2.75) is 37.9 Å². The summed E-state index contributed by atoms with van der Waals surface area (Å²) < 4.78 is 5.84. The highest BCUT2D eigenvalue weighted by molar-refractivity contribution is 5.99. The van der Waals surface area contributed by atoms with Crippen molar-refractivity contribution in [2.24, 2.45) is 5.73 Å². The Hall–Kier alpha value is -3.12. The first-order valence-corrected chi connectivity index (χ1v) is 9.51. The van der Waals surface area contributed by atoms with Gasteiger partial charge in [-0.3, -0.25) is 4.79 Å². The van der Waals surface area contributed by atoms with Crippen LogP contribution in [0.3, 0.4) is 0 Å². The van der Waals surface area contributed by atoms with Crippen LogP contribution in [0.4, 0.5) is 5.69 Å². The largest absolute Gasteiger partial charge is 0.459 e. The van der Waals surface area contributed by atoms with Crippen LogP contribution in [0, 0.1) is 0 Å². The van der Waals surface area contributed by atoms with Crippen molar-refractivity contribution in [2.75, 3.05) is 5.32 Å². The maximum absolute atomic E-state index is 12.2. The van der Waals surface area contributed by atoms with Gasteiger partial charge in [0.25, 0.3) is 5.91 Å². The molecule has 2 aromatic carbocycles. The van der Waals surface area contributed by atoms with E-state index in [9.17, 15) is 9.59 Å². The van der Waals surface area contributed by atoms with Crippen LogP contribution in [0.15, 0.2) is 52.9 Å². The molecule has 144 valence electrons. The Kier molecular flexibility index (Phi) is 5.12. The van der Waals surface area contributed by atoms with Crippen molar-refractivity contribution >= 4 is 28.8 Å². The molecule has 1 aromatic heterocycles. The predicted octanol–water partition coefficient (Wildman–Crippen LogP) is 3.53. The Morgan fingerprint density at radius 1 is 1.21 bits per heavy atom. The molecule has 0 bridgehead atoms. The van der Waals surface area contributed by atoms with Crippen LogP contribution < -0.4 is 16.4 Å². The fourth-order valence-electron chi connectivity index (χ4n) is 3.69. The fraction of sp³-hybridized carbons (Fsp3) is 0.273. The highest BCUT2D eigenvalue weighted by atomic mass is 16.3. The van der Waals surface area contributed by atoms with E-state index in [1.54, 1.807) is 0 Å². The summed E-state index contributed by atoms with van der Waals surface area (Å²) in [6.07, 6.45) is 2.78. The van der Waals surface area contributed by atoms with E-state index < -0.39 is 0 Å². The number of amides is 1. The number of nitrogens with two attached hydrogens (primary N) is 1. The second kappa shape index (κ2) is 7.86. The molecule has 1 aliphatic heterocycles. The molecule has 0 saturated heterocycles. The van der Waals surface area contributed by atoms with E-state index in [1.165, 1.54) is 0 Å². The van der Waals surface area contributed by atoms with Gasteiger partial charge in [0, 0.05) is 29.1 Å². The Bertz CT molecular complexity index is 978. The van der Waals surface area contributed by atoms with Gasteiger partial charge in [-0.15, -0.1) is 0 Å². The van der Waals surface area contributed by atoms with Gasteiger partial charge in [-0.2, -0.15) is 0 Å². The van der Waals surface area contributed by atoms with Crippen molar-refractivity contribution in [3.05, 3.63) is 65.4 Å². The molecule has 4 N–H and O–H groups in total. The summed E-state index contributed by atoms with van der Waals surface area (Å²) in [4.78, 5) is 22.8. The van der Waals surface area contributed by atoms with Crippen LogP contribution in [0.25, 0.3) is 11.0 Å². The Balaban J connectivity index is 1.48. The highest BCUT2D eigenvalue weighted by Gasteiger charge is 2.32. The average Bonchev–Trinajstić information content (AvgIpc) is 3.27. The summed E-state index contributed by atoms with van der Waals surface area (Å²) in [6, 6.07) is 15.1. The zero-order valence-corrected chi connectivity index (χ0v) is 15.5. The molecular weight excluding hydrogens is 354 g/mol. The lowest BCUT2D eigenvalue weighted by atomic mass is 9.95. The molecule has 0 radical (unpaired) electrons. The fourth-order valence-corrected chi connectivity index (χ4v) is 3.69. The van der Waals surface area contributed by atoms with Gasteiger partial charge in [0.1, 0.15) is 17.6 Å². The number of hydrogen-bond acceptors (Lipinski definition) is 5. The topological polar surface area (TPSA) is 97.4 Å². The summed E-state index contributed by atoms with van der Waals surface area (Å²) >= 11 is 0. The summed E-state index contributed by atoms with van der Waals surface area (Å²) in [7, 11) is 0. The minimum Gasteiger partial charge on any atom is -0.459 e. The third kappa shape index (κ3) is 3.64. The van der Waals surface area contributed by atoms with Gasteiger partial charge in [-0.1, -0.05) is 18.2 Å². The normalized spacial score (nSPS) is 16.6. The number of carbonyl (C=O) groups is 2. The van der Waals surface area contributed by atoms with E-state index in [2.05, 4.69) is 10.6 Å². The van der Waals surface area contributed by atoms with Crippen LogP contribution in [-0.2, 0) is 11.3 Å². The first-order valence-electron chi connectivity index (χ1n) is 9.51. The Morgan fingerprint density at radius 3 is 2.89 bits per heavy atom. The van der Waals surface area contributed by atoms with E-state index in [0.29, 0.717) is 24.9 Å². The van der Waals surface area contributed by atoms with Gasteiger partial charge < -0.3 is 25.6 Å². The van der Waals surface area contributed by atoms with E-state index in [-0.39, 0.29) is 18.0 Å². The molecule has 0 saturated carbocycles. The molecule has 4 rings (SSSR count). The number of anilines is 1. The number of benzene rings is 2. The molecule has 2 atom stereocenters. The van der Waals surface area contributed by atoms with Crippen LogP contribution in [0.5, 0.6) is 0 Å². The molecular formula is C22H23N3O3. The molecule has 2 heterocycles. The Morgan fingerprint density at radius 2 is 2.07 bits per heavy atom. The van der Waals surface area contributed by atoms with Gasteiger partial charge >= 0.3 is 0 Å². The first kappa shape index (κ1) is 18.3. The molecule has 6 nitrogen and oxygen atoms in total. The molecule has 1 amide bonds. The number of fused-ring (bicyclic) bond motifs is 2. The molecule has 1 aliphatic rings. The third-order valence-electron chi connectivity index (χ3n) is 5.15. The number of nitrogens with one attached hydrogen (secondary N) is 2. The lowest BCUT2D eigenvalue weighted by molar-refractivity contribution is -0.107. The summed E-state index contributed by atoms with van der Waals surface area (Å²) in [5, 5.41) is 7.40. The van der Waals surface area contributed by atoms with E-state index in [1.807, 2.05) is 48.5 Å². The van der Waals surface area contributed by atoms with Gasteiger partial charge in [-0.05, 0) is 48.7 Å². The van der Waals surface area contributed by atoms with Crippen LogP contribution in [-0.4, -0.2) is 18.2 Å². The van der Waals surface area contributed by atoms with Crippen molar-refractivity contribution in [1.82, 2.24) is 5.32 Å². The number of carbonyl (C=O) groups excluding carboxylic acids is 2. The van der Waals surface area contributed by atoms with Crippen molar-refractivity contribution in [3.8, 4) is 0 Å². The minimum atomic E-state index is -0.234. The molecule has 6 heteroatoms. The second-order valence-corrected chi connectivity index (χ2v) is 7.12. The highest BCUT2D eigenvalue weighted by Crippen LogP contribution is 2.31. The average molecular weight is 377 g/mol. The van der Waals surface area contributed by atoms with Crippen LogP contribution in [0.2, 0.25) is 0 Å². The molecule has 0 fully saturated rings. The summed E-state index contributed by atoms with van der Waals surface area (Å²) in [5.41, 5.74) is 9.62. The van der Waals surface area contributed by atoms with Gasteiger partial charge in [0.15, 0.2) is 0 Å². The third-order valence-corrected chi connectivity index (χ3v) is 5.15. The van der Waals surface area contributed by atoms with E-state index >= 15 is 0 Å². The lowest BCUT2D eigenvalue weighted by Crippen LogP contribution is -2.35. The second-order valence-electron chi connectivity index (χ2n) is 7.12. The monoisotopic (exact) mass is 377 g/mol. The van der Waals surface area contributed by atoms with Crippen molar-refractivity contribution in [1.29, 1.82) is 0 Å². The standard InChI is InChI=1S/C22H23N3O3/c23-19(6-3-4-10-26)21-18-12-15(8-9-17(18)22(27)25-21)24-13-16-11-14-5-1-2-7-20(14)28-16/h1-2,5,7-12,19,21,24H,3-4,6,13,23H2,(H,25,27). The Labute approximate surface area is 163 Å². The zero-order chi connectivity index (χ0) is 19.5. The molecule has 2 unspecified atom stereocenters. The summed E-state index contributed by atoms with van der Waals surface area (Å²) in [5.74, 6) is 0.743. The number of rotatable bonds is 8. The van der Waals surface area contributed by atoms with Crippen molar-refractivity contribution < 1.29 is 14.0 Å². The SMILES string of the molecule is NC(CCCC=O)C1NC(=O)c2ccc(NCc3cc4ccccc4o3)cc21. The van der Waals surface area contributed by atoms with Gasteiger partial charge in [-0.25, -0.2) is 0 Å². The number of unbranched alkanes of at least 4 members (excludes halogenated alkanes) is 1. The maximum atomic E-state index is 12.2. The molecule has 28 heavy (non-hydrogen) atoms. The molecule has 0 spiro atoms. The van der Waals surface area contributed by atoms with Crippen molar-refractivity contribution in [3.63, 3.8) is 0 Å².